The second-order valence-corrected chi connectivity index (χ2v) is 3.96. The van der Waals surface area contributed by atoms with E-state index in [4.69, 9.17) is 15.2 Å². The minimum atomic E-state index is -0.946. The summed E-state index contributed by atoms with van der Waals surface area (Å²) >= 11 is 0. The number of anilines is 1. The Labute approximate surface area is 108 Å². The van der Waals surface area contributed by atoms with E-state index in [0.29, 0.717) is 31.9 Å². The normalized spacial score (nSPS) is 11.3. The van der Waals surface area contributed by atoms with Gasteiger partial charge in [-0.1, -0.05) is 0 Å². The molecule has 0 aliphatic carbocycles. The van der Waals surface area contributed by atoms with Crippen molar-refractivity contribution in [1.82, 2.24) is 9.55 Å². The van der Waals surface area contributed by atoms with Crippen LogP contribution in [0.4, 0.5) is 14.7 Å². The van der Waals surface area contributed by atoms with Crippen LogP contribution < -0.4 is 5.73 Å². The lowest BCUT2D eigenvalue weighted by Crippen LogP contribution is -2.12. The second-order valence-electron chi connectivity index (χ2n) is 3.96. The monoisotopic (exact) mass is 271 g/mol. The van der Waals surface area contributed by atoms with Crippen molar-refractivity contribution in [1.29, 1.82) is 0 Å². The predicted octanol–water partition coefficient (Wildman–Crippen LogP) is 1.56. The summed E-state index contributed by atoms with van der Waals surface area (Å²) in [5, 5.41) is 0. The molecule has 0 spiro atoms. The summed E-state index contributed by atoms with van der Waals surface area (Å²) in [4.78, 5) is 3.98. The quantitative estimate of drug-likeness (QED) is 0.810. The molecule has 0 radical (unpaired) electrons. The van der Waals surface area contributed by atoms with Crippen molar-refractivity contribution in [2.75, 3.05) is 32.7 Å². The number of ether oxygens (including phenoxy) is 2. The molecular weight excluding hydrogens is 256 g/mol. The van der Waals surface area contributed by atoms with Crippen LogP contribution in [-0.4, -0.2) is 36.5 Å². The van der Waals surface area contributed by atoms with Crippen molar-refractivity contribution in [3.63, 3.8) is 0 Å². The van der Waals surface area contributed by atoms with Crippen molar-refractivity contribution < 1.29 is 18.3 Å². The van der Waals surface area contributed by atoms with Crippen molar-refractivity contribution >= 4 is 17.0 Å². The number of nitrogen functional groups attached to an aromatic ring is 1. The summed E-state index contributed by atoms with van der Waals surface area (Å²) in [5.74, 6) is -1.73. The van der Waals surface area contributed by atoms with E-state index in [1.165, 1.54) is 10.6 Å². The Morgan fingerprint density at radius 1 is 1.26 bits per heavy atom. The third-order valence-corrected chi connectivity index (χ3v) is 2.72. The van der Waals surface area contributed by atoms with E-state index < -0.39 is 11.6 Å². The molecule has 2 aromatic rings. The number of hydrogen-bond acceptors (Lipinski definition) is 4. The molecule has 104 valence electrons. The molecule has 2 rings (SSSR count). The van der Waals surface area contributed by atoms with Gasteiger partial charge in [-0.3, -0.25) is 0 Å². The Hall–Kier alpha value is -1.73. The fraction of sp³-hybridized carbons (Fsp3) is 0.417. The number of rotatable bonds is 6. The van der Waals surface area contributed by atoms with Gasteiger partial charge in [-0.25, -0.2) is 13.8 Å². The highest BCUT2D eigenvalue weighted by atomic mass is 19.2. The Morgan fingerprint density at radius 3 is 2.79 bits per heavy atom. The summed E-state index contributed by atoms with van der Waals surface area (Å²) in [5.41, 5.74) is 6.09. The third kappa shape index (κ3) is 2.82. The van der Waals surface area contributed by atoms with Crippen molar-refractivity contribution in [3.8, 4) is 0 Å². The molecule has 0 atom stereocenters. The van der Waals surface area contributed by atoms with Gasteiger partial charge in [0.25, 0.3) is 0 Å². The van der Waals surface area contributed by atoms with E-state index in [9.17, 15) is 8.78 Å². The molecule has 1 aromatic heterocycles. The molecule has 0 bridgehead atoms. The highest BCUT2D eigenvalue weighted by molar-refractivity contribution is 5.79. The Bertz CT molecular complexity index is 572. The van der Waals surface area contributed by atoms with Crippen LogP contribution in [0.25, 0.3) is 11.0 Å². The molecule has 1 heterocycles. The van der Waals surface area contributed by atoms with Crippen molar-refractivity contribution in [2.24, 2.45) is 0 Å². The maximum atomic E-state index is 13.7. The third-order valence-electron chi connectivity index (χ3n) is 2.72. The molecule has 19 heavy (non-hydrogen) atoms. The number of fused-ring (bicyclic) bond motifs is 1. The molecule has 0 aliphatic rings. The van der Waals surface area contributed by atoms with Crippen LogP contribution in [0.15, 0.2) is 12.1 Å². The molecule has 0 amide bonds. The van der Waals surface area contributed by atoms with Gasteiger partial charge in [0.2, 0.25) is 5.95 Å². The maximum Gasteiger partial charge on any atom is 0.201 e. The van der Waals surface area contributed by atoms with E-state index in [1.54, 1.807) is 7.11 Å². The van der Waals surface area contributed by atoms with Gasteiger partial charge >= 0.3 is 0 Å². The molecule has 1 aromatic carbocycles. The largest absolute Gasteiger partial charge is 0.382 e. The predicted molar refractivity (Wildman–Crippen MR) is 66.8 cm³/mol. The molecule has 5 nitrogen and oxygen atoms in total. The van der Waals surface area contributed by atoms with Gasteiger partial charge in [0.1, 0.15) is 5.52 Å². The number of nitrogens with zero attached hydrogens (tertiary/aromatic N) is 2. The molecule has 0 saturated heterocycles. The first-order valence-corrected chi connectivity index (χ1v) is 5.81. The summed E-state index contributed by atoms with van der Waals surface area (Å²) < 4.78 is 38.5. The van der Waals surface area contributed by atoms with Crippen LogP contribution >= 0.6 is 0 Å². The molecule has 0 saturated carbocycles. The van der Waals surface area contributed by atoms with Gasteiger partial charge < -0.3 is 19.8 Å². The summed E-state index contributed by atoms with van der Waals surface area (Å²) in [6.07, 6.45) is 0. The summed E-state index contributed by atoms with van der Waals surface area (Å²) in [7, 11) is 1.57. The minimum Gasteiger partial charge on any atom is -0.382 e. The summed E-state index contributed by atoms with van der Waals surface area (Å²) in [6.45, 7) is 1.52. The van der Waals surface area contributed by atoms with Gasteiger partial charge in [0.05, 0.1) is 25.3 Å². The number of benzene rings is 1. The highest BCUT2D eigenvalue weighted by Gasteiger charge is 2.15. The molecule has 2 N–H and O–H groups in total. The Balaban J connectivity index is 2.17. The minimum absolute atomic E-state index is 0.0628. The maximum absolute atomic E-state index is 13.7. The van der Waals surface area contributed by atoms with E-state index in [2.05, 4.69) is 4.98 Å². The fourth-order valence-electron chi connectivity index (χ4n) is 1.80. The Morgan fingerprint density at radius 2 is 2.05 bits per heavy atom. The van der Waals surface area contributed by atoms with Crippen LogP contribution in [0.5, 0.6) is 0 Å². The van der Waals surface area contributed by atoms with Gasteiger partial charge in [0, 0.05) is 13.7 Å². The van der Waals surface area contributed by atoms with Gasteiger partial charge in [-0.2, -0.15) is 0 Å². The average Bonchev–Trinajstić information content (AvgIpc) is 2.71. The smallest absolute Gasteiger partial charge is 0.201 e. The van der Waals surface area contributed by atoms with Crippen LogP contribution in [0.1, 0.15) is 0 Å². The van der Waals surface area contributed by atoms with E-state index >= 15 is 0 Å². The van der Waals surface area contributed by atoms with Crippen LogP contribution in [0.3, 0.4) is 0 Å². The number of nitrogens with two attached hydrogens (primary N) is 1. The first-order valence-electron chi connectivity index (χ1n) is 5.81. The SMILES string of the molecule is COCCOCCn1c(N)nc2ccc(F)c(F)c21. The molecule has 0 fully saturated rings. The van der Waals surface area contributed by atoms with Crippen molar-refractivity contribution in [2.45, 2.75) is 6.54 Å². The van der Waals surface area contributed by atoms with Crippen LogP contribution in [0, 0.1) is 11.6 Å². The van der Waals surface area contributed by atoms with Gasteiger partial charge in [-0.05, 0) is 12.1 Å². The van der Waals surface area contributed by atoms with E-state index in [-0.39, 0.29) is 11.5 Å². The van der Waals surface area contributed by atoms with E-state index in [0.717, 1.165) is 6.07 Å². The molecule has 0 aliphatic heterocycles. The average molecular weight is 271 g/mol. The number of imidazole rings is 1. The lowest BCUT2D eigenvalue weighted by atomic mass is 10.3. The standard InChI is InChI=1S/C12H15F2N3O2/c1-18-6-7-19-5-4-17-11-9(16-12(17)15)3-2-8(13)10(11)14/h2-3H,4-7H2,1H3,(H2,15,16). The topological polar surface area (TPSA) is 62.3 Å². The first kappa shape index (κ1) is 13.7. The lowest BCUT2D eigenvalue weighted by Gasteiger charge is -2.08. The molecule has 0 unspecified atom stereocenters. The van der Waals surface area contributed by atoms with Crippen molar-refractivity contribution in [3.05, 3.63) is 23.8 Å². The highest BCUT2D eigenvalue weighted by Crippen LogP contribution is 2.22. The second kappa shape index (κ2) is 5.94. The zero-order valence-electron chi connectivity index (χ0n) is 10.5. The number of hydrogen-bond donors (Lipinski definition) is 1. The van der Waals surface area contributed by atoms with Crippen LogP contribution in [0.2, 0.25) is 0 Å². The zero-order chi connectivity index (χ0) is 13.8. The molecular formula is C12H15F2N3O2. The lowest BCUT2D eigenvalue weighted by molar-refractivity contribution is 0.0671. The van der Waals surface area contributed by atoms with Gasteiger partial charge in [0.15, 0.2) is 11.6 Å². The van der Waals surface area contributed by atoms with Gasteiger partial charge in [-0.15, -0.1) is 0 Å². The molecule has 7 heteroatoms. The van der Waals surface area contributed by atoms with Crippen LogP contribution in [-0.2, 0) is 16.0 Å². The van der Waals surface area contributed by atoms with E-state index in [1.807, 2.05) is 0 Å². The Kier molecular flexibility index (Phi) is 4.28. The number of halogens is 2. The zero-order valence-corrected chi connectivity index (χ0v) is 10.5. The number of aromatic nitrogens is 2. The summed E-state index contributed by atoms with van der Waals surface area (Å²) in [6, 6.07) is 2.43. The number of methoxy groups -OCH3 is 1. The first-order chi connectivity index (χ1) is 9.15. The fourth-order valence-corrected chi connectivity index (χ4v) is 1.80.